The number of aromatic nitrogens is 1. The molecule has 140 valence electrons. The number of fused-ring (bicyclic) bond motifs is 3. The van der Waals surface area contributed by atoms with Crippen molar-refractivity contribution in [3.05, 3.63) is 53.2 Å². The Morgan fingerprint density at radius 2 is 2.00 bits per heavy atom. The number of H-pyrrole nitrogens is 1. The number of carbonyl (C=O) groups is 1. The first kappa shape index (κ1) is 17.5. The van der Waals surface area contributed by atoms with E-state index in [4.69, 9.17) is 9.47 Å². The fourth-order valence-corrected chi connectivity index (χ4v) is 3.84. The number of benzene rings is 2. The zero-order valence-corrected chi connectivity index (χ0v) is 15.9. The van der Waals surface area contributed by atoms with Crippen LogP contribution in [-0.2, 0) is 12.8 Å². The first-order chi connectivity index (χ1) is 13.1. The van der Waals surface area contributed by atoms with Gasteiger partial charge in [0, 0.05) is 28.2 Å². The number of aromatic amines is 1. The molecule has 0 bridgehead atoms. The van der Waals surface area contributed by atoms with Gasteiger partial charge in [-0.15, -0.1) is 0 Å². The molecule has 1 atom stereocenters. The number of aryl methyl sites for hydroxylation is 1. The molecule has 0 unspecified atom stereocenters. The standard InChI is InChI=1S/C22H24N2O3/c1-13-4-7-18-16(10-13)17-11-14(5-8-19(17)23-18)22(25)24-20-12-15(26-2)6-9-21(20)27-3/h5-6,8-9,11-13,23H,4,7,10H2,1-3H3,(H,24,25)/t13-/m1/s1. The zero-order valence-electron chi connectivity index (χ0n) is 15.9. The molecule has 1 heterocycles. The van der Waals surface area contributed by atoms with Crippen molar-refractivity contribution in [2.45, 2.75) is 26.2 Å². The molecular formula is C22H24N2O3. The van der Waals surface area contributed by atoms with E-state index in [9.17, 15) is 4.79 Å². The van der Waals surface area contributed by atoms with Crippen molar-refractivity contribution in [2.24, 2.45) is 5.92 Å². The third kappa shape index (κ3) is 3.25. The average Bonchev–Trinajstić information content (AvgIpc) is 3.05. The van der Waals surface area contributed by atoms with Crippen LogP contribution in [0.3, 0.4) is 0 Å². The van der Waals surface area contributed by atoms with Gasteiger partial charge in [-0.05, 0) is 61.1 Å². The zero-order chi connectivity index (χ0) is 19.0. The lowest BCUT2D eigenvalue weighted by molar-refractivity contribution is 0.102. The number of amides is 1. The summed E-state index contributed by atoms with van der Waals surface area (Å²) in [7, 11) is 3.17. The molecule has 27 heavy (non-hydrogen) atoms. The van der Waals surface area contributed by atoms with Crippen LogP contribution in [0.2, 0.25) is 0 Å². The summed E-state index contributed by atoms with van der Waals surface area (Å²) in [5.74, 6) is 1.77. The van der Waals surface area contributed by atoms with E-state index >= 15 is 0 Å². The molecule has 0 spiro atoms. The molecule has 0 fully saturated rings. The van der Waals surface area contributed by atoms with Gasteiger partial charge < -0.3 is 19.8 Å². The van der Waals surface area contributed by atoms with E-state index in [1.54, 1.807) is 32.4 Å². The van der Waals surface area contributed by atoms with Gasteiger partial charge in [0.1, 0.15) is 11.5 Å². The molecule has 2 N–H and O–H groups in total. The molecule has 5 heteroatoms. The van der Waals surface area contributed by atoms with Crippen LogP contribution >= 0.6 is 0 Å². The molecule has 1 aromatic heterocycles. The SMILES string of the molecule is COc1ccc(OC)c(NC(=O)c2ccc3[nH]c4c(c3c2)C[C@H](C)CC4)c1. The molecule has 0 radical (unpaired) electrons. The molecule has 0 saturated carbocycles. The fourth-order valence-electron chi connectivity index (χ4n) is 3.84. The third-order valence-electron chi connectivity index (χ3n) is 5.35. The molecule has 2 aromatic carbocycles. The molecule has 1 amide bonds. The summed E-state index contributed by atoms with van der Waals surface area (Å²) in [6.45, 7) is 2.29. The number of rotatable bonds is 4. The lowest BCUT2D eigenvalue weighted by Gasteiger charge is -2.18. The lowest BCUT2D eigenvalue weighted by atomic mass is 9.87. The molecule has 1 aliphatic carbocycles. The van der Waals surface area contributed by atoms with Gasteiger partial charge in [-0.2, -0.15) is 0 Å². The molecule has 3 aromatic rings. The van der Waals surface area contributed by atoms with Gasteiger partial charge in [0.25, 0.3) is 5.91 Å². The Hall–Kier alpha value is -2.95. The van der Waals surface area contributed by atoms with E-state index < -0.39 is 0 Å². The maximum atomic E-state index is 12.9. The van der Waals surface area contributed by atoms with Crippen molar-refractivity contribution in [3.63, 3.8) is 0 Å². The second-order valence-electron chi connectivity index (χ2n) is 7.21. The van der Waals surface area contributed by atoms with Gasteiger partial charge in [-0.25, -0.2) is 0 Å². The van der Waals surface area contributed by atoms with Crippen LogP contribution in [0.15, 0.2) is 36.4 Å². The Morgan fingerprint density at radius 1 is 1.15 bits per heavy atom. The van der Waals surface area contributed by atoms with Gasteiger partial charge in [0.05, 0.1) is 19.9 Å². The van der Waals surface area contributed by atoms with Crippen molar-refractivity contribution in [2.75, 3.05) is 19.5 Å². The first-order valence-electron chi connectivity index (χ1n) is 9.26. The Morgan fingerprint density at radius 3 is 2.78 bits per heavy atom. The Kier molecular flexibility index (Phi) is 4.52. The first-order valence-corrected chi connectivity index (χ1v) is 9.26. The number of carbonyl (C=O) groups excluding carboxylic acids is 1. The maximum absolute atomic E-state index is 12.9. The Labute approximate surface area is 158 Å². The smallest absolute Gasteiger partial charge is 0.255 e. The van der Waals surface area contributed by atoms with Crippen LogP contribution < -0.4 is 14.8 Å². The topological polar surface area (TPSA) is 63.4 Å². The molecule has 5 nitrogen and oxygen atoms in total. The summed E-state index contributed by atoms with van der Waals surface area (Å²) in [5, 5.41) is 4.10. The van der Waals surface area contributed by atoms with Crippen LogP contribution in [0.1, 0.15) is 35.0 Å². The Balaban J connectivity index is 1.66. The van der Waals surface area contributed by atoms with Crippen LogP contribution in [0, 0.1) is 5.92 Å². The largest absolute Gasteiger partial charge is 0.497 e. The van der Waals surface area contributed by atoms with Crippen LogP contribution in [0.25, 0.3) is 10.9 Å². The van der Waals surface area contributed by atoms with Gasteiger partial charge in [-0.3, -0.25) is 4.79 Å². The summed E-state index contributed by atoms with van der Waals surface area (Å²) in [4.78, 5) is 16.4. The van der Waals surface area contributed by atoms with E-state index in [0.29, 0.717) is 28.7 Å². The van der Waals surface area contributed by atoms with Gasteiger partial charge in [0.2, 0.25) is 0 Å². The number of anilines is 1. The monoisotopic (exact) mass is 364 g/mol. The highest BCUT2D eigenvalue weighted by Crippen LogP contribution is 2.33. The number of hydrogen-bond donors (Lipinski definition) is 2. The summed E-state index contributed by atoms with van der Waals surface area (Å²) in [6, 6.07) is 11.2. The lowest BCUT2D eigenvalue weighted by Crippen LogP contribution is -2.13. The van der Waals surface area contributed by atoms with Gasteiger partial charge in [-0.1, -0.05) is 6.92 Å². The van der Waals surface area contributed by atoms with Crippen molar-refractivity contribution in [1.29, 1.82) is 0 Å². The predicted molar refractivity (Wildman–Crippen MR) is 107 cm³/mol. The highest BCUT2D eigenvalue weighted by molar-refractivity contribution is 6.07. The summed E-state index contributed by atoms with van der Waals surface area (Å²) in [5.41, 5.74) is 5.00. The summed E-state index contributed by atoms with van der Waals surface area (Å²) < 4.78 is 10.6. The minimum absolute atomic E-state index is 0.165. The highest BCUT2D eigenvalue weighted by Gasteiger charge is 2.21. The van der Waals surface area contributed by atoms with E-state index in [1.165, 1.54) is 17.7 Å². The number of methoxy groups -OCH3 is 2. The number of ether oxygens (including phenoxy) is 2. The predicted octanol–water partition coefficient (Wildman–Crippen LogP) is 4.56. The highest BCUT2D eigenvalue weighted by atomic mass is 16.5. The van der Waals surface area contributed by atoms with E-state index in [1.807, 2.05) is 18.2 Å². The van der Waals surface area contributed by atoms with Crippen molar-refractivity contribution >= 4 is 22.5 Å². The molecular weight excluding hydrogens is 340 g/mol. The average molecular weight is 364 g/mol. The minimum Gasteiger partial charge on any atom is -0.497 e. The molecule has 0 aliphatic heterocycles. The van der Waals surface area contributed by atoms with E-state index in [-0.39, 0.29) is 5.91 Å². The molecule has 4 rings (SSSR count). The normalized spacial score (nSPS) is 16.0. The second-order valence-corrected chi connectivity index (χ2v) is 7.21. The van der Waals surface area contributed by atoms with Crippen LogP contribution in [0.4, 0.5) is 5.69 Å². The minimum atomic E-state index is -0.165. The molecule has 0 saturated heterocycles. The van der Waals surface area contributed by atoms with Crippen LogP contribution in [0.5, 0.6) is 11.5 Å². The Bertz CT molecular complexity index is 1010. The quantitative estimate of drug-likeness (QED) is 0.713. The van der Waals surface area contributed by atoms with Crippen LogP contribution in [-0.4, -0.2) is 25.1 Å². The number of hydrogen-bond acceptors (Lipinski definition) is 3. The molecule has 1 aliphatic rings. The summed E-state index contributed by atoms with van der Waals surface area (Å²) >= 11 is 0. The van der Waals surface area contributed by atoms with Crippen molar-refractivity contribution in [3.8, 4) is 11.5 Å². The van der Waals surface area contributed by atoms with Crippen molar-refractivity contribution < 1.29 is 14.3 Å². The van der Waals surface area contributed by atoms with Gasteiger partial charge >= 0.3 is 0 Å². The van der Waals surface area contributed by atoms with E-state index in [0.717, 1.165) is 23.7 Å². The fraction of sp³-hybridized carbons (Fsp3) is 0.318. The van der Waals surface area contributed by atoms with E-state index in [2.05, 4.69) is 17.2 Å². The number of nitrogens with one attached hydrogen (secondary N) is 2. The second kappa shape index (κ2) is 6.99. The van der Waals surface area contributed by atoms with Gasteiger partial charge in [0.15, 0.2) is 0 Å². The third-order valence-corrected chi connectivity index (χ3v) is 5.35. The summed E-state index contributed by atoms with van der Waals surface area (Å²) in [6.07, 6.45) is 3.35. The maximum Gasteiger partial charge on any atom is 0.255 e. The van der Waals surface area contributed by atoms with Crippen molar-refractivity contribution in [1.82, 2.24) is 4.98 Å².